The first-order valence-electron chi connectivity index (χ1n) is 10.9. The van der Waals surface area contributed by atoms with Gasteiger partial charge in [-0.15, -0.1) is 0 Å². The number of rotatable bonds is 8. The number of carbonyl (C=O) groups excluding carboxylic acids is 1. The van der Waals surface area contributed by atoms with Gasteiger partial charge in [0.25, 0.3) is 0 Å². The van der Waals surface area contributed by atoms with Crippen LogP contribution in [0.25, 0.3) is 0 Å². The molecule has 0 bridgehead atoms. The second kappa shape index (κ2) is 10.6. The third-order valence-corrected chi connectivity index (χ3v) is 5.87. The summed E-state index contributed by atoms with van der Waals surface area (Å²) in [6, 6.07) is 18.3. The monoisotopic (exact) mass is 394 g/mol. The molecular formula is C25H34N2O2. The van der Waals surface area contributed by atoms with Crippen molar-refractivity contribution in [3.63, 3.8) is 0 Å². The Hall–Kier alpha value is -2.17. The summed E-state index contributed by atoms with van der Waals surface area (Å²) in [5.41, 5.74) is 3.24. The lowest BCUT2D eigenvalue weighted by atomic mass is 9.89. The number of amides is 1. The van der Waals surface area contributed by atoms with Crippen molar-refractivity contribution in [2.24, 2.45) is 5.92 Å². The number of nitrogens with zero attached hydrogens (tertiary/aromatic N) is 1. The maximum Gasteiger partial charge on any atom is 0.226 e. The first-order chi connectivity index (χ1) is 14.0. The highest BCUT2D eigenvalue weighted by Crippen LogP contribution is 2.30. The molecule has 2 N–H and O–H groups in total. The maximum atomic E-state index is 11.9. The van der Waals surface area contributed by atoms with E-state index in [9.17, 15) is 9.90 Å². The van der Waals surface area contributed by atoms with Crippen LogP contribution in [0.4, 0.5) is 5.69 Å². The van der Waals surface area contributed by atoms with Gasteiger partial charge in [-0.2, -0.15) is 0 Å². The first-order valence-corrected chi connectivity index (χ1v) is 10.9. The van der Waals surface area contributed by atoms with Crippen molar-refractivity contribution in [1.29, 1.82) is 0 Å². The highest BCUT2D eigenvalue weighted by Gasteiger charge is 2.21. The molecule has 0 saturated carbocycles. The van der Waals surface area contributed by atoms with Gasteiger partial charge in [0.2, 0.25) is 5.91 Å². The number of aliphatic hydroxyl groups is 1. The van der Waals surface area contributed by atoms with E-state index in [4.69, 9.17) is 0 Å². The Morgan fingerprint density at radius 1 is 1.10 bits per heavy atom. The number of anilines is 1. The lowest BCUT2D eigenvalue weighted by molar-refractivity contribution is -0.118. The Morgan fingerprint density at radius 2 is 1.83 bits per heavy atom. The van der Waals surface area contributed by atoms with Crippen LogP contribution in [-0.2, 0) is 4.79 Å². The van der Waals surface area contributed by atoms with E-state index in [2.05, 4.69) is 22.3 Å². The van der Waals surface area contributed by atoms with E-state index in [1.165, 1.54) is 5.56 Å². The number of hydrogen-bond acceptors (Lipinski definition) is 3. The van der Waals surface area contributed by atoms with Gasteiger partial charge in [0, 0.05) is 11.6 Å². The highest BCUT2D eigenvalue weighted by molar-refractivity contribution is 5.92. The number of benzene rings is 2. The number of nitrogens with one attached hydrogen (secondary N) is 1. The second-order valence-electron chi connectivity index (χ2n) is 8.45. The van der Waals surface area contributed by atoms with Crippen molar-refractivity contribution >= 4 is 11.6 Å². The van der Waals surface area contributed by atoms with E-state index in [1.54, 1.807) is 0 Å². The number of aliphatic hydroxyl groups excluding tert-OH is 1. The van der Waals surface area contributed by atoms with Gasteiger partial charge >= 0.3 is 0 Å². The molecule has 29 heavy (non-hydrogen) atoms. The predicted molar refractivity (Wildman–Crippen MR) is 119 cm³/mol. The average molecular weight is 395 g/mol. The zero-order valence-corrected chi connectivity index (χ0v) is 17.7. The fourth-order valence-corrected chi connectivity index (χ4v) is 4.00. The normalized spacial score (nSPS) is 16.7. The summed E-state index contributed by atoms with van der Waals surface area (Å²) >= 11 is 0. The Kier molecular flexibility index (Phi) is 7.84. The molecule has 1 aliphatic rings. The lowest BCUT2D eigenvalue weighted by Crippen LogP contribution is -2.33. The van der Waals surface area contributed by atoms with Gasteiger partial charge in [-0.05, 0) is 74.5 Å². The molecule has 0 aromatic heterocycles. The van der Waals surface area contributed by atoms with Crippen LogP contribution in [0.15, 0.2) is 54.6 Å². The van der Waals surface area contributed by atoms with Gasteiger partial charge in [-0.1, -0.05) is 56.3 Å². The van der Waals surface area contributed by atoms with Gasteiger partial charge in [0.1, 0.15) is 0 Å². The number of likely N-dealkylation sites (tertiary alicyclic amines) is 1. The van der Waals surface area contributed by atoms with Crippen LogP contribution in [0.2, 0.25) is 0 Å². The van der Waals surface area contributed by atoms with E-state index in [-0.39, 0.29) is 17.9 Å². The molecule has 1 unspecified atom stereocenters. The largest absolute Gasteiger partial charge is 0.388 e. The minimum Gasteiger partial charge on any atom is -0.388 e. The summed E-state index contributed by atoms with van der Waals surface area (Å²) < 4.78 is 0. The van der Waals surface area contributed by atoms with Crippen LogP contribution in [0.5, 0.6) is 0 Å². The summed E-state index contributed by atoms with van der Waals surface area (Å²) in [5.74, 6) is 0.606. The minimum atomic E-state index is -0.363. The molecule has 2 aromatic rings. The van der Waals surface area contributed by atoms with Crippen LogP contribution in [-0.4, -0.2) is 35.5 Å². The topological polar surface area (TPSA) is 52.6 Å². The SMILES string of the molecule is CC(C)C(=O)Nc1cccc(C2CCN(CCCC(O)c3ccccc3)CC2)c1. The quantitative estimate of drug-likeness (QED) is 0.664. The van der Waals surface area contributed by atoms with E-state index < -0.39 is 0 Å². The molecule has 4 heteroatoms. The summed E-state index contributed by atoms with van der Waals surface area (Å²) in [6.07, 6.45) is 3.74. The van der Waals surface area contributed by atoms with E-state index in [0.717, 1.165) is 56.6 Å². The Morgan fingerprint density at radius 3 is 2.52 bits per heavy atom. The molecule has 0 radical (unpaired) electrons. The molecule has 1 saturated heterocycles. The van der Waals surface area contributed by atoms with Crippen molar-refractivity contribution in [3.05, 3.63) is 65.7 Å². The molecule has 2 aromatic carbocycles. The van der Waals surface area contributed by atoms with Crippen LogP contribution in [0, 0.1) is 5.92 Å². The number of hydrogen-bond donors (Lipinski definition) is 2. The second-order valence-corrected chi connectivity index (χ2v) is 8.45. The zero-order valence-electron chi connectivity index (χ0n) is 17.7. The van der Waals surface area contributed by atoms with Gasteiger partial charge in [-0.3, -0.25) is 4.79 Å². The van der Waals surface area contributed by atoms with Gasteiger partial charge < -0.3 is 15.3 Å². The summed E-state index contributed by atoms with van der Waals surface area (Å²) in [4.78, 5) is 14.5. The molecule has 1 fully saturated rings. The van der Waals surface area contributed by atoms with Gasteiger partial charge in [0.15, 0.2) is 0 Å². The minimum absolute atomic E-state index is 0.0118. The fourth-order valence-electron chi connectivity index (χ4n) is 4.00. The lowest BCUT2D eigenvalue weighted by Gasteiger charge is -2.32. The Balaban J connectivity index is 1.43. The summed E-state index contributed by atoms with van der Waals surface area (Å²) in [5, 5.41) is 13.3. The smallest absolute Gasteiger partial charge is 0.226 e. The van der Waals surface area contributed by atoms with Crippen molar-refractivity contribution in [1.82, 2.24) is 4.90 Å². The predicted octanol–water partition coefficient (Wildman–Crippen LogP) is 4.97. The van der Waals surface area contributed by atoms with Crippen LogP contribution in [0.3, 0.4) is 0 Å². The molecule has 1 aliphatic heterocycles. The molecule has 3 rings (SSSR count). The van der Waals surface area contributed by atoms with Crippen LogP contribution in [0.1, 0.15) is 62.7 Å². The van der Waals surface area contributed by atoms with Crippen molar-refractivity contribution < 1.29 is 9.90 Å². The van der Waals surface area contributed by atoms with Crippen molar-refractivity contribution in [2.45, 2.75) is 51.6 Å². The maximum absolute atomic E-state index is 11.9. The van der Waals surface area contributed by atoms with Gasteiger partial charge in [-0.25, -0.2) is 0 Å². The molecule has 0 aliphatic carbocycles. The molecule has 0 spiro atoms. The van der Waals surface area contributed by atoms with Crippen molar-refractivity contribution in [3.8, 4) is 0 Å². The van der Waals surface area contributed by atoms with E-state index >= 15 is 0 Å². The molecule has 1 atom stereocenters. The highest BCUT2D eigenvalue weighted by atomic mass is 16.3. The molecule has 1 heterocycles. The zero-order chi connectivity index (χ0) is 20.6. The molecule has 156 valence electrons. The standard InChI is InChI=1S/C25H34N2O2/c1-19(2)25(29)26-23-11-6-10-22(18-23)20-13-16-27(17-14-20)15-7-12-24(28)21-8-4-3-5-9-21/h3-6,8-11,18-20,24,28H,7,12-17H2,1-2H3,(H,26,29). The van der Waals surface area contributed by atoms with E-state index in [0.29, 0.717) is 5.92 Å². The van der Waals surface area contributed by atoms with Crippen LogP contribution < -0.4 is 5.32 Å². The first kappa shape index (κ1) is 21.5. The van der Waals surface area contributed by atoms with Crippen LogP contribution >= 0.6 is 0 Å². The Labute approximate surface area is 174 Å². The number of carbonyl (C=O) groups is 1. The average Bonchev–Trinajstić information content (AvgIpc) is 2.75. The summed E-state index contributed by atoms with van der Waals surface area (Å²) in [7, 11) is 0. The van der Waals surface area contributed by atoms with Gasteiger partial charge in [0.05, 0.1) is 6.10 Å². The Bertz CT molecular complexity index is 767. The van der Waals surface area contributed by atoms with E-state index in [1.807, 2.05) is 56.3 Å². The molecule has 1 amide bonds. The molecule has 4 nitrogen and oxygen atoms in total. The molecular weight excluding hydrogens is 360 g/mol. The fraction of sp³-hybridized carbons (Fsp3) is 0.480. The third-order valence-electron chi connectivity index (χ3n) is 5.87. The number of piperidine rings is 1. The third kappa shape index (κ3) is 6.41. The van der Waals surface area contributed by atoms with Crippen molar-refractivity contribution in [2.75, 3.05) is 25.0 Å². The summed E-state index contributed by atoms with van der Waals surface area (Å²) in [6.45, 7) is 7.05.